The Balaban J connectivity index is 1.70. The van der Waals surface area contributed by atoms with Crippen molar-refractivity contribution in [1.29, 1.82) is 10.8 Å². The number of H-pyrrole nitrogens is 1. The quantitative estimate of drug-likeness (QED) is 0.284. The van der Waals surface area contributed by atoms with Crippen molar-refractivity contribution in [2.75, 3.05) is 0 Å². The Morgan fingerprint density at radius 2 is 1.72 bits per heavy atom. The number of aromatic amines is 1. The van der Waals surface area contributed by atoms with Crippen LogP contribution in [0.1, 0.15) is 10.4 Å². The van der Waals surface area contributed by atoms with Crippen molar-refractivity contribution in [3.05, 3.63) is 59.0 Å². The molecule has 0 aliphatic heterocycles. The van der Waals surface area contributed by atoms with Gasteiger partial charge in [0.1, 0.15) is 17.4 Å². The van der Waals surface area contributed by atoms with Crippen LogP contribution in [-0.4, -0.2) is 16.7 Å². The summed E-state index contributed by atoms with van der Waals surface area (Å²) in [5, 5.41) is 16.0. The highest BCUT2D eigenvalue weighted by Crippen LogP contribution is 2.33. The molecule has 3 heterocycles. The highest BCUT2D eigenvalue weighted by molar-refractivity contribution is 7.17. The summed E-state index contributed by atoms with van der Waals surface area (Å²) >= 11 is 1.42. The fourth-order valence-electron chi connectivity index (χ4n) is 2.66. The predicted octanol–water partition coefficient (Wildman–Crippen LogP) is 3.72. The van der Waals surface area contributed by atoms with E-state index < -0.39 is 0 Å². The van der Waals surface area contributed by atoms with E-state index >= 15 is 0 Å². The fraction of sp³-hybridized carbons (Fsp3) is 0. The maximum atomic E-state index is 7.53. The molecule has 0 unspecified atom stereocenters. The van der Waals surface area contributed by atoms with Crippen molar-refractivity contribution < 1.29 is 4.42 Å². The van der Waals surface area contributed by atoms with Crippen molar-refractivity contribution in [3.8, 4) is 22.1 Å². The molecule has 4 rings (SSSR count). The van der Waals surface area contributed by atoms with Crippen molar-refractivity contribution in [1.82, 2.24) is 4.98 Å². The van der Waals surface area contributed by atoms with E-state index in [1.165, 1.54) is 11.3 Å². The van der Waals surface area contributed by atoms with Crippen LogP contribution >= 0.6 is 11.3 Å². The average molecular weight is 349 g/mol. The Hall–Kier alpha value is -3.32. The molecule has 7 N–H and O–H groups in total. The molecule has 1 aromatic carbocycles. The topological polar surface area (TPSA) is 129 Å². The van der Waals surface area contributed by atoms with Gasteiger partial charge in [-0.1, -0.05) is 12.1 Å². The first-order valence-corrected chi connectivity index (χ1v) is 8.35. The number of aromatic nitrogens is 1. The molecule has 124 valence electrons. The summed E-state index contributed by atoms with van der Waals surface area (Å²) < 4.78 is 5.96. The van der Waals surface area contributed by atoms with Crippen molar-refractivity contribution in [2.24, 2.45) is 11.5 Å². The molecule has 4 aromatic rings. The normalized spacial score (nSPS) is 11.0. The van der Waals surface area contributed by atoms with Gasteiger partial charge in [-0.15, -0.1) is 11.3 Å². The summed E-state index contributed by atoms with van der Waals surface area (Å²) in [6, 6.07) is 15.1. The number of hydrogen-bond acceptors (Lipinski definition) is 4. The largest absolute Gasteiger partial charge is 0.454 e. The van der Waals surface area contributed by atoms with Crippen molar-refractivity contribution >= 4 is 33.9 Å². The molecular weight excluding hydrogens is 334 g/mol. The van der Waals surface area contributed by atoms with Gasteiger partial charge < -0.3 is 20.9 Å². The van der Waals surface area contributed by atoms with Crippen LogP contribution in [0.4, 0.5) is 0 Å². The lowest BCUT2D eigenvalue weighted by atomic mass is 10.1. The van der Waals surface area contributed by atoms with E-state index in [2.05, 4.69) is 4.98 Å². The molecule has 0 saturated heterocycles. The minimum absolute atomic E-state index is 0.0392. The number of thiophene rings is 1. The average Bonchev–Trinajstić information content (AvgIpc) is 3.31. The van der Waals surface area contributed by atoms with Gasteiger partial charge in [-0.05, 0) is 36.4 Å². The summed E-state index contributed by atoms with van der Waals surface area (Å²) in [5.74, 6) is 1.54. The van der Waals surface area contributed by atoms with Gasteiger partial charge in [-0.3, -0.25) is 10.8 Å². The lowest BCUT2D eigenvalue weighted by Crippen LogP contribution is -2.10. The monoisotopic (exact) mass is 349 g/mol. The van der Waals surface area contributed by atoms with Crippen LogP contribution in [0.5, 0.6) is 0 Å². The predicted molar refractivity (Wildman–Crippen MR) is 101 cm³/mol. The molecule has 0 fully saturated rings. The minimum atomic E-state index is 0.0392. The Kier molecular flexibility index (Phi) is 3.43. The number of nitrogens with two attached hydrogens (primary N) is 2. The fourth-order valence-corrected chi connectivity index (χ4v) is 3.49. The number of furan rings is 1. The van der Waals surface area contributed by atoms with Gasteiger partial charge in [0.05, 0.1) is 15.4 Å². The zero-order valence-corrected chi connectivity index (χ0v) is 13.9. The van der Waals surface area contributed by atoms with Crippen molar-refractivity contribution in [3.63, 3.8) is 0 Å². The molecule has 0 aliphatic rings. The maximum absolute atomic E-state index is 7.53. The van der Waals surface area contributed by atoms with Gasteiger partial charge in [0, 0.05) is 16.5 Å². The second-order valence-corrected chi connectivity index (χ2v) is 6.72. The van der Waals surface area contributed by atoms with E-state index in [-0.39, 0.29) is 11.7 Å². The number of amidine groups is 2. The minimum Gasteiger partial charge on any atom is -0.454 e. The molecule has 0 radical (unpaired) electrons. The Morgan fingerprint density at radius 1 is 0.920 bits per heavy atom. The van der Waals surface area contributed by atoms with Crippen LogP contribution in [0.2, 0.25) is 0 Å². The lowest BCUT2D eigenvalue weighted by molar-refractivity contribution is 0.597. The molecule has 0 atom stereocenters. The summed E-state index contributed by atoms with van der Waals surface area (Å²) in [6.45, 7) is 0. The summed E-state index contributed by atoms with van der Waals surface area (Å²) in [7, 11) is 0. The third-order valence-corrected chi connectivity index (χ3v) is 5.05. The van der Waals surface area contributed by atoms with Gasteiger partial charge >= 0.3 is 0 Å². The first-order chi connectivity index (χ1) is 12.0. The molecule has 0 saturated carbocycles. The zero-order valence-electron chi connectivity index (χ0n) is 13.1. The van der Waals surface area contributed by atoms with Crippen molar-refractivity contribution in [2.45, 2.75) is 0 Å². The van der Waals surface area contributed by atoms with E-state index in [9.17, 15) is 0 Å². The molecule has 25 heavy (non-hydrogen) atoms. The molecular formula is C18H15N5OS. The molecule has 0 amide bonds. The van der Waals surface area contributed by atoms with Crippen LogP contribution in [-0.2, 0) is 0 Å². The van der Waals surface area contributed by atoms with Gasteiger partial charge in [-0.2, -0.15) is 0 Å². The number of rotatable bonds is 4. The van der Waals surface area contributed by atoms with Gasteiger partial charge in [0.2, 0.25) is 0 Å². The van der Waals surface area contributed by atoms with Gasteiger partial charge in [0.25, 0.3) is 0 Å². The smallest absolute Gasteiger partial charge is 0.151 e. The third-order valence-electron chi connectivity index (χ3n) is 3.92. The Bertz CT molecular complexity index is 1120. The standard InChI is InChI=1S/C18H15N5OS/c19-17(20)10-2-1-9-7-12(23-11(9)8-10)13-3-4-14(24-13)15-5-6-16(25-15)18(21)22/h1-8,23H,(H3,19,20)(H3,21,22). The van der Waals surface area contributed by atoms with Crippen LogP contribution < -0.4 is 11.5 Å². The molecule has 0 aliphatic carbocycles. The zero-order chi connectivity index (χ0) is 17.6. The van der Waals surface area contributed by atoms with Crippen LogP contribution in [0.3, 0.4) is 0 Å². The highest BCUT2D eigenvalue weighted by Gasteiger charge is 2.12. The molecule has 6 nitrogen and oxygen atoms in total. The number of hydrogen-bond donors (Lipinski definition) is 5. The van der Waals surface area contributed by atoms with Gasteiger partial charge in [0.15, 0.2) is 5.76 Å². The second kappa shape index (κ2) is 5.64. The van der Waals surface area contributed by atoms with E-state index in [4.69, 9.17) is 26.7 Å². The van der Waals surface area contributed by atoms with E-state index in [1.807, 2.05) is 48.5 Å². The molecule has 7 heteroatoms. The summed E-state index contributed by atoms with van der Waals surface area (Å²) in [6.07, 6.45) is 0. The first-order valence-electron chi connectivity index (χ1n) is 7.53. The van der Waals surface area contributed by atoms with Crippen LogP contribution in [0, 0.1) is 10.8 Å². The number of fused-ring (bicyclic) bond motifs is 1. The SMILES string of the molecule is N=C(N)c1ccc2cc(-c3ccc(-c4ccc(C(=N)N)s4)o3)[nH]c2c1. The van der Waals surface area contributed by atoms with Crippen LogP contribution in [0.25, 0.3) is 33.0 Å². The molecule has 0 bridgehead atoms. The molecule has 0 spiro atoms. The molecule has 3 aromatic heterocycles. The first kappa shape index (κ1) is 15.2. The lowest BCUT2D eigenvalue weighted by Gasteiger charge is -1.97. The maximum Gasteiger partial charge on any atom is 0.151 e. The number of nitrogens with one attached hydrogen (secondary N) is 3. The van der Waals surface area contributed by atoms with E-state index in [0.717, 1.165) is 32.1 Å². The second-order valence-electron chi connectivity index (χ2n) is 5.64. The van der Waals surface area contributed by atoms with Crippen LogP contribution in [0.15, 0.2) is 52.9 Å². The number of nitrogen functional groups attached to an aromatic ring is 2. The van der Waals surface area contributed by atoms with E-state index in [0.29, 0.717) is 11.3 Å². The summed E-state index contributed by atoms with van der Waals surface area (Å²) in [5.41, 5.74) is 13.5. The third kappa shape index (κ3) is 2.70. The highest BCUT2D eigenvalue weighted by atomic mass is 32.1. The van der Waals surface area contributed by atoms with E-state index in [1.54, 1.807) is 0 Å². The Morgan fingerprint density at radius 3 is 2.44 bits per heavy atom. The Labute approximate surface area is 147 Å². The van der Waals surface area contributed by atoms with Gasteiger partial charge in [-0.25, -0.2) is 0 Å². The number of benzene rings is 1. The summed E-state index contributed by atoms with van der Waals surface area (Å²) in [4.78, 5) is 4.94.